The van der Waals surface area contributed by atoms with Crippen LogP contribution < -0.4 is 4.31 Å². The van der Waals surface area contributed by atoms with Crippen molar-refractivity contribution in [1.29, 1.82) is 0 Å². The molecule has 3 rings (SSSR count). The molecule has 2 aromatic carbocycles. The van der Waals surface area contributed by atoms with Crippen LogP contribution in [0.2, 0.25) is 0 Å². The third-order valence-electron chi connectivity index (χ3n) is 3.71. The number of anilines is 1. The molecule has 0 unspecified atom stereocenters. The summed E-state index contributed by atoms with van der Waals surface area (Å²) < 4.78 is 37.8. The van der Waals surface area contributed by atoms with Gasteiger partial charge in [0, 0.05) is 5.39 Å². The van der Waals surface area contributed by atoms with Crippen molar-refractivity contribution >= 4 is 38.2 Å². The van der Waals surface area contributed by atoms with E-state index in [0.717, 1.165) is 22.7 Å². The Kier molecular flexibility index (Phi) is 4.91. The number of aromatic amines is 1. The van der Waals surface area contributed by atoms with Crippen LogP contribution in [0.5, 0.6) is 5.88 Å². The van der Waals surface area contributed by atoms with Gasteiger partial charge < -0.3 is 10.1 Å². The molecule has 2 N–H and O–H groups in total. The maximum Gasteiger partial charge on any atom is 0.285 e. The van der Waals surface area contributed by atoms with Crippen molar-refractivity contribution in [2.75, 3.05) is 17.1 Å². The van der Waals surface area contributed by atoms with Crippen LogP contribution in [0.25, 0.3) is 10.9 Å². The van der Waals surface area contributed by atoms with E-state index in [1.54, 1.807) is 24.3 Å². The molecular weight excluding hydrogens is 375 g/mol. The first-order valence-corrected chi connectivity index (χ1v) is 9.58. The number of para-hydroxylation sites is 1. The van der Waals surface area contributed by atoms with E-state index in [-0.39, 0.29) is 17.3 Å². The summed E-state index contributed by atoms with van der Waals surface area (Å²) in [7, 11) is -3.81. The van der Waals surface area contributed by atoms with Crippen molar-refractivity contribution in [3.8, 4) is 5.88 Å². The number of aromatic hydroxyl groups is 1. The van der Waals surface area contributed by atoms with E-state index in [2.05, 4.69) is 15.2 Å². The Morgan fingerprint density at radius 2 is 1.85 bits per heavy atom. The lowest BCUT2D eigenvalue weighted by molar-refractivity contribution is -0.116. The molecule has 0 aliphatic heterocycles. The van der Waals surface area contributed by atoms with Crippen molar-refractivity contribution in [1.82, 2.24) is 4.98 Å². The first kappa shape index (κ1) is 18.5. The zero-order valence-electron chi connectivity index (χ0n) is 14.1. The van der Waals surface area contributed by atoms with E-state index < -0.39 is 28.3 Å². The smallest absolute Gasteiger partial charge is 0.285 e. The van der Waals surface area contributed by atoms with E-state index >= 15 is 0 Å². The van der Waals surface area contributed by atoms with Gasteiger partial charge in [-0.05, 0) is 30.3 Å². The van der Waals surface area contributed by atoms with E-state index in [9.17, 15) is 22.7 Å². The second kappa shape index (κ2) is 7.16. The minimum absolute atomic E-state index is 0.0756. The molecule has 3 aromatic rings. The minimum Gasteiger partial charge on any atom is -0.493 e. The van der Waals surface area contributed by atoms with Gasteiger partial charge in [0.2, 0.25) is 15.9 Å². The van der Waals surface area contributed by atoms with Gasteiger partial charge in [-0.15, -0.1) is 10.2 Å². The lowest BCUT2D eigenvalue weighted by atomic mass is 10.2. The molecule has 0 atom stereocenters. The first-order chi connectivity index (χ1) is 12.8. The number of fused-ring (bicyclic) bond motifs is 1. The van der Waals surface area contributed by atoms with Crippen LogP contribution >= 0.6 is 0 Å². The standard InChI is InChI=1S/C17H15FN4O4S/c1-27(25,26)22(12-8-6-11(18)7-9-12)10-15(23)20-21-16-13-4-2-3-5-14(13)19-17(16)24/h2-9,19,24H,10H2,1H3. The fourth-order valence-electron chi connectivity index (χ4n) is 2.48. The zero-order valence-corrected chi connectivity index (χ0v) is 14.9. The average molecular weight is 390 g/mol. The Bertz CT molecular complexity index is 1120. The molecular formula is C17H15FN4O4S. The molecule has 0 aliphatic carbocycles. The van der Waals surface area contributed by atoms with Gasteiger partial charge >= 0.3 is 0 Å². The third-order valence-corrected chi connectivity index (χ3v) is 4.86. The van der Waals surface area contributed by atoms with E-state index in [1.807, 2.05) is 0 Å². The molecule has 0 radical (unpaired) electrons. The second-order valence-electron chi connectivity index (χ2n) is 5.71. The Balaban J connectivity index is 1.85. The first-order valence-electron chi connectivity index (χ1n) is 7.73. The summed E-state index contributed by atoms with van der Waals surface area (Å²) >= 11 is 0. The number of nitrogens with one attached hydrogen (secondary N) is 1. The minimum atomic E-state index is -3.81. The van der Waals surface area contributed by atoms with Gasteiger partial charge in [-0.25, -0.2) is 12.8 Å². The van der Waals surface area contributed by atoms with Gasteiger partial charge in [0.15, 0.2) is 5.69 Å². The summed E-state index contributed by atoms with van der Waals surface area (Å²) in [5.41, 5.74) is 0.810. The number of halogens is 1. The summed E-state index contributed by atoms with van der Waals surface area (Å²) in [6.07, 6.45) is 0.923. The highest BCUT2D eigenvalue weighted by Crippen LogP contribution is 2.35. The van der Waals surface area contributed by atoms with Crippen LogP contribution in [0, 0.1) is 5.82 Å². The predicted molar refractivity (Wildman–Crippen MR) is 98.1 cm³/mol. The number of carbonyl (C=O) groups excluding carboxylic acids is 1. The average Bonchev–Trinajstić information content (AvgIpc) is 2.93. The van der Waals surface area contributed by atoms with Gasteiger partial charge in [0.1, 0.15) is 12.4 Å². The van der Waals surface area contributed by atoms with Gasteiger partial charge in [0.25, 0.3) is 5.91 Å². The topological polar surface area (TPSA) is 115 Å². The highest BCUT2D eigenvalue weighted by Gasteiger charge is 2.21. The fourth-order valence-corrected chi connectivity index (χ4v) is 3.33. The quantitative estimate of drug-likeness (QED) is 0.651. The Hall–Kier alpha value is -3.27. The summed E-state index contributed by atoms with van der Waals surface area (Å²) in [5, 5.41) is 17.7. The summed E-state index contributed by atoms with van der Waals surface area (Å²) in [6.45, 7) is -0.614. The number of azo groups is 1. The summed E-state index contributed by atoms with van der Waals surface area (Å²) in [5.74, 6) is -1.64. The maximum absolute atomic E-state index is 13.1. The molecule has 27 heavy (non-hydrogen) atoms. The molecule has 8 nitrogen and oxygen atoms in total. The van der Waals surface area contributed by atoms with Crippen molar-refractivity contribution < 1.29 is 22.7 Å². The largest absolute Gasteiger partial charge is 0.493 e. The van der Waals surface area contributed by atoms with Crippen molar-refractivity contribution in [2.45, 2.75) is 0 Å². The van der Waals surface area contributed by atoms with Gasteiger partial charge in [-0.2, -0.15) is 0 Å². The number of aromatic nitrogens is 1. The Morgan fingerprint density at radius 1 is 1.19 bits per heavy atom. The number of sulfonamides is 1. The number of nitrogens with zero attached hydrogens (tertiary/aromatic N) is 3. The van der Waals surface area contributed by atoms with Gasteiger partial charge in [-0.3, -0.25) is 9.10 Å². The number of hydrogen-bond acceptors (Lipinski definition) is 5. The van der Waals surface area contributed by atoms with Crippen molar-refractivity contribution in [3.63, 3.8) is 0 Å². The number of H-pyrrole nitrogens is 1. The number of hydrogen-bond donors (Lipinski definition) is 2. The Labute approximate surface area is 154 Å². The molecule has 1 aromatic heterocycles. The summed E-state index contributed by atoms with van der Waals surface area (Å²) in [6, 6.07) is 11.6. The van der Waals surface area contributed by atoms with E-state index in [1.165, 1.54) is 12.1 Å². The van der Waals surface area contributed by atoms with Crippen LogP contribution in [0.15, 0.2) is 58.8 Å². The molecule has 140 valence electrons. The van der Waals surface area contributed by atoms with Crippen LogP contribution in [0.3, 0.4) is 0 Å². The molecule has 0 saturated carbocycles. The lowest BCUT2D eigenvalue weighted by Gasteiger charge is -2.20. The second-order valence-corrected chi connectivity index (χ2v) is 7.61. The predicted octanol–water partition coefficient (Wildman–Crippen LogP) is 3.09. The maximum atomic E-state index is 13.1. The van der Waals surface area contributed by atoms with Crippen molar-refractivity contribution in [2.24, 2.45) is 10.2 Å². The molecule has 0 aliphatic rings. The van der Waals surface area contributed by atoms with Crippen LogP contribution in [-0.4, -0.2) is 37.2 Å². The lowest BCUT2D eigenvalue weighted by Crippen LogP contribution is -2.34. The molecule has 0 saturated heterocycles. The normalized spacial score (nSPS) is 11.9. The van der Waals surface area contributed by atoms with Crippen LogP contribution in [0.1, 0.15) is 0 Å². The van der Waals surface area contributed by atoms with Gasteiger partial charge in [-0.1, -0.05) is 18.2 Å². The number of amides is 1. The summed E-state index contributed by atoms with van der Waals surface area (Å²) in [4.78, 5) is 14.8. The SMILES string of the molecule is CS(=O)(=O)N(CC(=O)N=Nc1c(O)[nH]c2ccccc12)c1ccc(F)cc1. The number of rotatable bonds is 5. The molecule has 10 heteroatoms. The van der Waals surface area contributed by atoms with Gasteiger partial charge in [0.05, 0.1) is 17.5 Å². The number of carbonyl (C=O) groups is 1. The highest BCUT2D eigenvalue weighted by atomic mass is 32.2. The highest BCUT2D eigenvalue weighted by molar-refractivity contribution is 7.92. The zero-order chi connectivity index (χ0) is 19.6. The van der Waals surface area contributed by atoms with E-state index in [4.69, 9.17) is 0 Å². The fraction of sp³-hybridized carbons (Fsp3) is 0.118. The van der Waals surface area contributed by atoms with E-state index in [0.29, 0.717) is 10.9 Å². The number of benzene rings is 2. The molecule has 0 spiro atoms. The molecule has 0 bridgehead atoms. The molecule has 1 heterocycles. The van der Waals surface area contributed by atoms with Crippen LogP contribution in [0.4, 0.5) is 15.8 Å². The molecule has 1 amide bonds. The molecule has 0 fully saturated rings. The monoisotopic (exact) mass is 390 g/mol. The van der Waals surface area contributed by atoms with Crippen LogP contribution in [-0.2, 0) is 14.8 Å². The Morgan fingerprint density at radius 3 is 2.52 bits per heavy atom. The third kappa shape index (κ3) is 4.11. The van der Waals surface area contributed by atoms with Crippen molar-refractivity contribution in [3.05, 3.63) is 54.3 Å².